The lowest BCUT2D eigenvalue weighted by molar-refractivity contribution is 0.620. The van der Waals surface area contributed by atoms with Crippen LogP contribution in [0.1, 0.15) is 22.4 Å². The summed E-state index contributed by atoms with van der Waals surface area (Å²) < 4.78 is 0. The van der Waals surface area contributed by atoms with Crippen molar-refractivity contribution in [1.82, 2.24) is 15.2 Å². The molecule has 0 saturated carbocycles. The number of hydrogen-bond donors (Lipinski definition) is 1. The maximum Gasteiger partial charge on any atom is 0.0996 e. The van der Waals surface area contributed by atoms with Crippen molar-refractivity contribution < 1.29 is 0 Å². The van der Waals surface area contributed by atoms with Gasteiger partial charge < -0.3 is 0 Å². The van der Waals surface area contributed by atoms with Crippen molar-refractivity contribution >= 4 is 6.08 Å². The molecule has 27 heavy (non-hydrogen) atoms. The second-order valence-electron chi connectivity index (χ2n) is 6.91. The van der Waals surface area contributed by atoms with E-state index in [1.807, 2.05) is 12.1 Å². The van der Waals surface area contributed by atoms with E-state index >= 15 is 0 Å². The first kappa shape index (κ1) is 15.8. The Morgan fingerprint density at radius 1 is 0.778 bits per heavy atom. The third-order valence-corrected chi connectivity index (χ3v) is 5.40. The standard InChI is InChI=1S/C24H19N3/c1-3-7-19(8-4-1)24(20-9-5-2-6-10-20)14-11-21-22(17-24)26-27-23(21)18-12-15-25-16-13-18/h1-16H,17H2,(H,26,27). The summed E-state index contributed by atoms with van der Waals surface area (Å²) in [7, 11) is 0. The van der Waals surface area contributed by atoms with Crippen LogP contribution in [0.3, 0.4) is 0 Å². The first-order chi connectivity index (χ1) is 13.4. The van der Waals surface area contributed by atoms with E-state index in [9.17, 15) is 0 Å². The van der Waals surface area contributed by atoms with Crippen molar-refractivity contribution in [2.75, 3.05) is 0 Å². The van der Waals surface area contributed by atoms with E-state index < -0.39 is 0 Å². The van der Waals surface area contributed by atoms with E-state index in [-0.39, 0.29) is 5.41 Å². The number of nitrogens with zero attached hydrogens (tertiary/aromatic N) is 2. The van der Waals surface area contributed by atoms with Gasteiger partial charge in [-0.15, -0.1) is 0 Å². The van der Waals surface area contributed by atoms with Gasteiger partial charge in [-0.25, -0.2) is 0 Å². The van der Waals surface area contributed by atoms with E-state index in [1.54, 1.807) is 12.4 Å². The predicted molar refractivity (Wildman–Crippen MR) is 108 cm³/mol. The number of rotatable bonds is 3. The van der Waals surface area contributed by atoms with E-state index in [0.717, 1.165) is 23.4 Å². The molecule has 0 bridgehead atoms. The van der Waals surface area contributed by atoms with Crippen molar-refractivity contribution in [3.63, 3.8) is 0 Å². The summed E-state index contributed by atoms with van der Waals surface area (Å²) in [5.41, 5.74) is 6.78. The zero-order valence-corrected chi connectivity index (χ0v) is 14.8. The quantitative estimate of drug-likeness (QED) is 0.564. The summed E-state index contributed by atoms with van der Waals surface area (Å²) in [6.45, 7) is 0. The summed E-state index contributed by atoms with van der Waals surface area (Å²) in [6, 6.07) is 25.4. The normalized spacial score (nSPS) is 14.7. The second-order valence-corrected chi connectivity index (χ2v) is 6.91. The van der Waals surface area contributed by atoms with Crippen molar-refractivity contribution in [2.45, 2.75) is 11.8 Å². The fourth-order valence-corrected chi connectivity index (χ4v) is 4.03. The SMILES string of the molecule is C1=CC(c2ccccc2)(c2ccccc2)Cc2[nH]nc(-c3ccncc3)c21. The maximum atomic E-state index is 4.62. The highest BCUT2D eigenvalue weighted by molar-refractivity contribution is 5.76. The van der Waals surface area contributed by atoms with Crippen LogP contribution in [-0.4, -0.2) is 15.2 Å². The van der Waals surface area contributed by atoms with Crippen molar-refractivity contribution in [1.29, 1.82) is 0 Å². The smallest absolute Gasteiger partial charge is 0.0996 e. The maximum absolute atomic E-state index is 4.62. The van der Waals surface area contributed by atoms with Gasteiger partial charge in [-0.05, 0) is 23.3 Å². The van der Waals surface area contributed by atoms with E-state index in [2.05, 4.69) is 88.0 Å². The highest BCUT2D eigenvalue weighted by Gasteiger charge is 2.36. The third kappa shape index (κ3) is 2.59. The lowest BCUT2D eigenvalue weighted by atomic mass is 9.68. The van der Waals surface area contributed by atoms with Crippen molar-refractivity contribution in [2.24, 2.45) is 0 Å². The summed E-state index contributed by atoms with van der Waals surface area (Å²) in [6.07, 6.45) is 9.02. The van der Waals surface area contributed by atoms with E-state index in [4.69, 9.17) is 0 Å². The third-order valence-electron chi connectivity index (χ3n) is 5.40. The van der Waals surface area contributed by atoms with Crippen LogP contribution in [0.2, 0.25) is 0 Å². The molecule has 5 rings (SSSR count). The first-order valence-electron chi connectivity index (χ1n) is 9.15. The molecule has 0 unspecified atom stereocenters. The Balaban J connectivity index is 1.66. The lowest BCUT2D eigenvalue weighted by Gasteiger charge is -2.34. The molecule has 1 N–H and O–H groups in total. The Hall–Kier alpha value is -3.46. The summed E-state index contributed by atoms with van der Waals surface area (Å²) >= 11 is 0. The molecule has 3 heteroatoms. The van der Waals surface area contributed by atoms with Gasteiger partial charge in [0.25, 0.3) is 0 Å². The second kappa shape index (κ2) is 6.36. The Labute approximate surface area is 158 Å². The minimum atomic E-state index is -0.197. The molecular formula is C24H19N3. The molecule has 2 aromatic heterocycles. The number of hydrogen-bond acceptors (Lipinski definition) is 2. The molecule has 1 aliphatic rings. The number of pyridine rings is 1. The van der Waals surface area contributed by atoms with Crippen molar-refractivity contribution in [3.05, 3.63) is 114 Å². The van der Waals surface area contributed by atoms with Crippen LogP contribution in [0.25, 0.3) is 17.3 Å². The molecule has 2 aromatic carbocycles. The van der Waals surface area contributed by atoms with Gasteiger partial charge in [-0.3, -0.25) is 10.1 Å². The Morgan fingerprint density at radius 3 is 2.04 bits per heavy atom. The van der Waals surface area contributed by atoms with Crippen LogP contribution in [0.5, 0.6) is 0 Å². The van der Waals surface area contributed by atoms with Gasteiger partial charge in [-0.1, -0.05) is 72.8 Å². The van der Waals surface area contributed by atoms with E-state index in [1.165, 1.54) is 16.7 Å². The van der Waals surface area contributed by atoms with Gasteiger partial charge in [0, 0.05) is 41.1 Å². The largest absolute Gasteiger partial charge is 0.281 e. The predicted octanol–water partition coefficient (Wildman–Crippen LogP) is 5.03. The van der Waals surface area contributed by atoms with Gasteiger partial charge in [0.05, 0.1) is 5.69 Å². The fourth-order valence-electron chi connectivity index (χ4n) is 4.03. The lowest BCUT2D eigenvalue weighted by Crippen LogP contribution is -2.30. The number of aromatic amines is 1. The molecule has 0 fully saturated rings. The Kier molecular flexibility index (Phi) is 3.72. The van der Waals surface area contributed by atoms with Gasteiger partial charge in [-0.2, -0.15) is 5.10 Å². The van der Waals surface area contributed by atoms with Crippen LogP contribution in [0.15, 0.2) is 91.3 Å². The molecule has 0 spiro atoms. The molecule has 0 atom stereocenters. The van der Waals surface area contributed by atoms with E-state index in [0.29, 0.717) is 0 Å². The summed E-state index contributed by atoms with van der Waals surface area (Å²) in [4.78, 5) is 4.11. The Bertz CT molecular complexity index is 1040. The average Bonchev–Trinajstić information content (AvgIpc) is 3.18. The number of allylic oxidation sites excluding steroid dienone is 1. The monoisotopic (exact) mass is 349 g/mol. The van der Waals surface area contributed by atoms with Crippen LogP contribution < -0.4 is 0 Å². The molecule has 4 aromatic rings. The molecule has 0 radical (unpaired) electrons. The molecule has 3 nitrogen and oxygen atoms in total. The van der Waals surface area contributed by atoms with Gasteiger partial charge in [0.15, 0.2) is 0 Å². The minimum absolute atomic E-state index is 0.197. The highest BCUT2D eigenvalue weighted by atomic mass is 15.1. The van der Waals surface area contributed by atoms with Crippen LogP contribution in [0.4, 0.5) is 0 Å². The van der Waals surface area contributed by atoms with Crippen LogP contribution in [0, 0.1) is 0 Å². The molecule has 0 saturated heterocycles. The van der Waals surface area contributed by atoms with Crippen LogP contribution in [-0.2, 0) is 11.8 Å². The number of H-pyrrole nitrogens is 1. The van der Waals surface area contributed by atoms with Gasteiger partial charge in [0.2, 0.25) is 0 Å². The number of fused-ring (bicyclic) bond motifs is 1. The van der Waals surface area contributed by atoms with Crippen LogP contribution >= 0.6 is 0 Å². The number of benzene rings is 2. The average molecular weight is 349 g/mol. The number of nitrogens with one attached hydrogen (secondary N) is 1. The fraction of sp³-hybridized carbons (Fsp3) is 0.0833. The first-order valence-corrected chi connectivity index (χ1v) is 9.15. The molecule has 0 amide bonds. The zero-order valence-electron chi connectivity index (χ0n) is 14.8. The zero-order chi connectivity index (χ0) is 18.1. The van der Waals surface area contributed by atoms with Gasteiger partial charge in [0.1, 0.15) is 0 Å². The Morgan fingerprint density at radius 2 is 1.41 bits per heavy atom. The molecular weight excluding hydrogens is 330 g/mol. The van der Waals surface area contributed by atoms with Crippen molar-refractivity contribution in [3.8, 4) is 11.3 Å². The topological polar surface area (TPSA) is 41.6 Å². The molecule has 1 aliphatic carbocycles. The van der Waals surface area contributed by atoms with Gasteiger partial charge >= 0.3 is 0 Å². The summed E-state index contributed by atoms with van der Waals surface area (Å²) in [5, 5.41) is 7.91. The minimum Gasteiger partial charge on any atom is -0.281 e. The molecule has 2 heterocycles. The molecule has 130 valence electrons. The highest BCUT2D eigenvalue weighted by Crippen LogP contribution is 2.42. The summed E-state index contributed by atoms with van der Waals surface area (Å²) in [5.74, 6) is 0. The number of aromatic nitrogens is 3. The molecule has 0 aliphatic heterocycles.